The van der Waals surface area contributed by atoms with Crippen LogP contribution in [0.5, 0.6) is 5.75 Å². The maximum absolute atomic E-state index is 8.59. The molecule has 5 heteroatoms. The lowest BCUT2D eigenvalue weighted by Gasteiger charge is -2.08. The first-order chi connectivity index (χ1) is 6.77. The van der Waals surface area contributed by atoms with Crippen molar-refractivity contribution in [2.75, 3.05) is 13.2 Å². The Hall–Kier alpha value is -0.290. The van der Waals surface area contributed by atoms with Crippen LogP contribution in [-0.2, 0) is 6.54 Å². The van der Waals surface area contributed by atoms with Gasteiger partial charge in [0, 0.05) is 19.6 Å². The fourth-order valence-corrected chi connectivity index (χ4v) is 1.58. The van der Waals surface area contributed by atoms with Crippen molar-refractivity contribution in [3.63, 3.8) is 0 Å². The lowest BCUT2D eigenvalue weighted by molar-refractivity contribution is 0.233. The minimum absolute atomic E-state index is 0. The normalized spacial score (nSPS) is 9.53. The van der Waals surface area contributed by atoms with Crippen molar-refractivity contribution in [1.29, 1.82) is 0 Å². The molecule has 0 aliphatic rings. The van der Waals surface area contributed by atoms with Gasteiger partial charge >= 0.3 is 0 Å². The molecule has 1 rings (SSSR count). The standard InChI is InChI=1S/C10H14BrNO2.ClH/c11-9-6-8(7-12)2-3-10(9)14-5-1-4-13;/h2-3,6,13H,1,4-5,7,12H2;1H. The van der Waals surface area contributed by atoms with Gasteiger partial charge in [-0.3, -0.25) is 0 Å². The lowest BCUT2D eigenvalue weighted by Crippen LogP contribution is -2.01. The topological polar surface area (TPSA) is 55.5 Å². The summed E-state index contributed by atoms with van der Waals surface area (Å²) < 4.78 is 6.33. The monoisotopic (exact) mass is 295 g/mol. The molecule has 0 fully saturated rings. The fourth-order valence-electron chi connectivity index (χ4n) is 1.04. The zero-order valence-corrected chi connectivity index (χ0v) is 10.7. The first-order valence-corrected chi connectivity index (χ1v) is 5.29. The van der Waals surface area contributed by atoms with Crippen molar-refractivity contribution in [2.45, 2.75) is 13.0 Å². The molecule has 0 heterocycles. The van der Waals surface area contributed by atoms with Crippen LogP contribution in [0.1, 0.15) is 12.0 Å². The summed E-state index contributed by atoms with van der Waals surface area (Å²) in [6, 6.07) is 5.75. The zero-order valence-electron chi connectivity index (χ0n) is 8.28. The van der Waals surface area contributed by atoms with Crippen LogP contribution in [0.2, 0.25) is 0 Å². The molecule has 0 bridgehead atoms. The van der Waals surface area contributed by atoms with Crippen molar-refractivity contribution >= 4 is 28.3 Å². The van der Waals surface area contributed by atoms with Crippen LogP contribution in [-0.4, -0.2) is 18.3 Å². The smallest absolute Gasteiger partial charge is 0.133 e. The maximum Gasteiger partial charge on any atom is 0.133 e. The van der Waals surface area contributed by atoms with E-state index in [1.807, 2.05) is 18.2 Å². The zero-order chi connectivity index (χ0) is 10.4. The van der Waals surface area contributed by atoms with Crippen LogP contribution < -0.4 is 10.5 Å². The first kappa shape index (κ1) is 14.7. The largest absolute Gasteiger partial charge is 0.492 e. The predicted octanol–water partition coefficient (Wildman–Crippen LogP) is 2.09. The van der Waals surface area contributed by atoms with Crippen LogP contribution in [0, 0.1) is 0 Å². The van der Waals surface area contributed by atoms with Crippen LogP contribution in [0.3, 0.4) is 0 Å². The van der Waals surface area contributed by atoms with Crippen molar-refractivity contribution in [3.8, 4) is 5.75 Å². The third-order valence-electron chi connectivity index (χ3n) is 1.79. The molecular formula is C10H15BrClNO2. The van der Waals surface area contributed by atoms with Crippen LogP contribution in [0.25, 0.3) is 0 Å². The van der Waals surface area contributed by atoms with E-state index in [1.165, 1.54) is 0 Å². The summed E-state index contributed by atoms with van der Waals surface area (Å²) >= 11 is 3.40. The van der Waals surface area contributed by atoms with E-state index in [4.69, 9.17) is 15.6 Å². The Morgan fingerprint density at radius 2 is 2.13 bits per heavy atom. The van der Waals surface area contributed by atoms with Crippen LogP contribution in [0.4, 0.5) is 0 Å². The van der Waals surface area contributed by atoms with Crippen molar-refractivity contribution < 1.29 is 9.84 Å². The molecule has 86 valence electrons. The third-order valence-corrected chi connectivity index (χ3v) is 2.41. The molecule has 0 atom stereocenters. The molecule has 0 aromatic heterocycles. The quantitative estimate of drug-likeness (QED) is 0.818. The minimum Gasteiger partial charge on any atom is -0.492 e. The predicted molar refractivity (Wildman–Crippen MR) is 66.5 cm³/mol. The molecule has 0 aliphatic carbocycles. The summed E-state index contributed by atoms with van der Waals surface area (Å²) in [5, 5.41) is 8.59. The molecule has 0 unspecified atom stereocenters. The van der Waals surface area contributed by atoms with E-state index >= 15 is 0 Å². The number of benzene rings is 1. The van der Waals surface area contributed by atoms with Gasteiger partial charge in [0.05, 0.1) is 11.1 Å². The average molecular weight is 297 g/mol. The fraction of sp³-hybridized carbons (Fsp3) is 0.400. The second-order valence-corrected chi connectivity index (χ2v) is 3.75. The minimum atomic E-state index is 0. The van der Waals surface area contributed by atoms with E-state index in [1.54, 1.807) is 0 Å². The molecule has 1 aromatic carbocycles. The van der Waals surface area contributed by atoms with Crippen molar-refractivity contribution in [3.05, 3.63) is 28.2 Å². The van der Waals surface area contributed by atoms with Gasteiger partial charge in [-0.1, -0.05) is 6.07 Å². The number of hydrogen-bond donors (Lipinski definition) is 2. The Morgan fingerprint density at radius 3 is 2.67 bits per heavy atom. The second kappa shape index (κ2) is 7.93. The van der Waals surface area contributed by atoms with Gasteiger partial charge in [-0.2, -0.15) is 0 Å². The SMILES string of the molecule is Cl.NCc1ccc(OCCCO)c(Br)c1. The summed E-state index contributed by atoms with van der Waals surface area (Å²) in [6.07, 6.45) is 0.644. The Kier molecular flexibility index (Phi) is 7.78. The van der Waals surface area contributed by atoms with E-state index in [0.29, 0.717) is 19.6 Å². The molecule has 0 spiro atoms. The number of aliphatic hydroxyl groups excluding tert-OH is 1. The summed E-state index contributed by atoms with van der Waals surface area (Å²) in [6.45, 7) is 1.20. The van der Waals surface area contributed by atoms with Gasteiger partial charge in [0.1, 0.15) is 5.75 Å². The highest BCUT2D eigenvalue weighted by molar-refractivity contribution is 9.10. The van der Waals surface area contributed by atoms with E-state index in [9.17, 15) is 0 Å². The van der Waals surface area contributed by atoms with Gasteiger partial charge in [-0.15, -0.1) is 12.4 Å². The molecule has 3 nitrogen and oxygen atoms in total. The lowest BCUT2D eigenvalue weighted by atomic mass is 10.2. The number of hydrogen-bond acceptors (Lipinski definition) is 3. The van der Waals surface area contributed by atoms with Gasteiger partial charge in [0.2, 0.25) is 0 Å². The van der Waals surface area contributed by atoms with E-state index in [2.05, 4.69) is 15.9 Å². The molecule has 15 heavy (non-hydrogen) atoms. The summed E-state index contributed by atoms with van der Waals surface area (Å²) in [5.74, 6) is 0.788. The maximum atomic E-state index is 8.59. The first-order valence-electron chi connectivity index (χ1n) is 4.50. The van der Waals surface area contributed by atoms with Gasteiger partial charge < -0.3 is 15.6 Å². The molecule has 0 saturated carbocycles. The molecule has 1 aromatic rings. The Bertz CT molecular complexity index is 297. The van der Waals surface area contributed by atoms with Crippen molar-refractivity contribution in [2.24, 2.45) is 5.73 Å². The van der Waals surface area contributed by atoms with Crippen LogP contribution >= 0.6 is 28.3 Å². The highest BCUT2D eigenvalue weighted by atomic mass is 79.9. The molecule has 0 amide bonds. The Labute approximate surface area is 104 Å². The van der Waals surface area contributed by atoms with Crippen LogP contribution in [0.15, 0.2) is 22.7 Å². The summed E-state index contributed by atoms with van der Waals surface area (Å²) in [7, 11) is 0. The van der Waals surface area contributed by atoms with Gasteiger partial charge in [0.15, 0.2) is 0 Å². The highest BCUT2D eigenvalue weighted by Crippen LogP contribution is 2.25. The van der Waals surface area contributed by atoms with E-state index in [-0.39, 0.29) is 19.0 Å². The van der Waals surface area contributed by atoms with Gasteiger partial charge in [0.25, 0.3) is 0 Å². The van der Waals surface area contributed by atoms with Gasteiger partial charge in [-0.25, -0.2) is 0 Å². The average Bonchev–Trinajstić information content (AvgIpc) is 2.20. The number of ether oxygens (including phenoxy) is 1. The summed E-state index contributed by atoms with van der Waals surface area (Å²) in [4.78, 5) is 0. The number of aliphatic hydroxyl groups is 1. The second-order valence-electron chi connectivity index (χ2n) is 2.89. The Morgan fingerprint density at radius 1 is 1.40 bits per heavy atom. The Balaban J connectivity index is 0.00000196. The molecule has 0 saturated heterocycles. The summed E-state index contributed by atoms with van der Waals surface area (Å²) in [5.41, 5.74) is 6.56. The van der Waals surface area contributed by atoms with Gasteiger partial charge in [-0.05, 0) is 33.6 Å². The number of nitrogens with two attached hydrogens (primary N) is 1. The van der Waals surface area contributed by atoms with Crippen molar-refractivity contribution in [1.82, 2.24) is 0 Å². The molecular weight excluding hydrogens is 281 g/mol. The molecule has 0 radical (unpaired) electrons. The van der Waals surface area contributed by atoms with E-state index < -0.39 is 0 Å². The number of rotatable bonds is 5. The highest BCUT2D eigenvalue weighted by Gasteiger charge is 2.01. The number of halogens is 2. The molecule has 0 aliphatic heterocycles. The third kappa shape index (κ3) is 4.84. The van der Waals surface area contributed by atoms with E-state index in [0.717, 1.165) is 15.8 Å². The molecule has 3 N–H and O–H groups in total.